The maximum absolute atomic E-state index is 10.5. The molecular weight excluding hydrogens is 118 g/mol. The molecule has 0 bridgehead atoms. The highest BCUT2D eigenvalue weighted by molar-refractivity contribution is 5.79. The Morgan fingerprint density at radius 1 is 2.00 bits per heavy atom. The molecule has 0 aromatic rings. The fraction of sp³-hybridized carbons (Fsp3) is 0.500. The Balaban J connectivity index is 2.48. The summed E-state index contributed by atoms with van der Waals surface area (Å²) >= 11 is 0. The quantitative estimate of drug-likeness (QED) is 0.505. The molecule has 1 heterocycles. The minimum atomic E-state index is -0.252. The fourth-order valence-electron chi connectivity index (χ4n) is 0.654. The van der Waals surface area contributed by atoms with E-state index in [4.69, 9.17) is 4.74 Å². The molecule has 1 unspecified atom stereocenters. The van der Waals surface area contributed by atoms with Gasteiger partial charge in [0.1, 0.15) is 6.61 Å². The van der Waals surface area contributed by atoms with Gasteiger partial charge in [0.15, 0.2) is 6.23 Å². The number of carbonyl (C=O) groups is 1. The molecule has 3 heteroatoms. The summed E-state index contributed by atoms with van der Waals surface area (Å²) in [6, 6.07) is 0. The highest BCUT2D eigenvalue weighted by atomic mass is 16.5. The van der Waals surface area contributed by atoms with Crippen LogP contribution in [0.15, 0.2) is 12.2 Å². The number of nitrogens with one attached hydrogen (secondary N) is 1. The number of carbonyl (C=O) groups excluding carboxylic acids is 1. The third-order valence-corrected chi connectivity index (χ3v) is 1.12. The lowest BCUT2D eigenvalue weighted by molar-refractivity contribution is -0.119. The van der Waals surface area contributed by atoms with Crippen LogP contribution in [0.25, 0.3) is 0 Å². The summed E-state index contributed by atoms with van der Waals surface area (Å²) in [5.74, 6) is -0.0667. The molecule has 0 spiro atoms. The maximum atomic E-state index is 10.5. The van der Waals surface area contributed by atoms with Crippen LogP contribution in [-0.2, 0) is 9.53 Å². The van der Waals surface area contributed by atoms with Gasteiger partial charge in [0.05, 0.1) is 0 Å². The van der Waals surface area contributed by atoms with E-state index in [1.807, 2.05) is 6.92 Å². The van der Waals surface area contributed by atoms with Crippen molar-refractivity contribution in [3.05, 3.63) is 12.2 Å². The van der Waals surface area contributed by atoms with Crippen molar-refractivity contribution in [2.24, 2.45) is 0 Å². The summed E-state index contributed by atoms with van der Waals surface area (Å²) in [5.41, 5.74) is 0.834. The molecule has 0 aromatic carbocycles. The Morgan fingerprint density at radius 3 is 2.89 bits per heavy atom. The number of hydrogen-bond donors (Lipinski definition) is 1. The van der Waals surface area contributed by atoms with Crippen LogP contribution < -0.4 is 5.32 Å². The maximum Gasteiger partial charge on any atom is 0.248 e. The molecule has 3 nitrogen and oxygen atoms in total. The Kier molecular flexibility index (Phi) is 1.53. The molecular formula is C6H9NO2. The van der Waals surface area contributed by atoms with E-state index in [0.29, 0.717) is 0 Å². The third-order valence-electron chi connectivity index (χ3n) is 1.12. The van der Waals surface area contributed by atoms with Crippen molar-refractivity contribution in [1.29, 1.82) is 0 Å². The number of rotatable bonds is 1. The van der Waals surface area contributed by atoms with Gasteiger partial charge >= 0.3 is 0 Å². The molecule has 1 aliphatic heterocycles. The highest BCUT2D eigenvalue weighted by Crippen LogP contribution is 2.04. The van der Waals surface area contributed by atoms with Crippen LogP contribution in [0, 0.1) is 0 Å². The van der Waals surface area contributed by atoms with Crippen molar-refractivity contribution in [3.63, 3.8) is 0 Å². The first-order valence-corrected chi connectivity index (χ1v) is 2.76. The minimum absolute atomic E-state index is 0.0667. The Labute approximate surface area is 53.7 Å². The predicted octanol–water partition coefficient (Wildman–Crippen LogP) is 0.0350. The lowest BCUT2D eigenvalue weighted by Gasteiger charge is -2.06. The zero-order valence-corrected chi connectivity index (χ0v) is 5.31. The van der Waals surface area contributed by atoms with Crippen molar-refractivity contribution in [1.82, 2.24) is 5.32 Å². The molecule has 1 aliphatic rings. The van der Waals surface area contributed by atoms with Crippen LogP contribution in [-0.4, -0.2) is 18.7 Å². The van der Waals surface area contributed by atoms with Gasteiger partial charge in [-0.1, -0.05) is 6.58 Å². The largest absolute Gasteiger partial charge is 0.345 e. The van der Waals surface area contributed by atoms with E-state index in [1.165, 1.54) is 0 Å². The van der Waals surface area contributed by atoms with E-state index in [1.54, 1.807) is 0 Å². The van der Waals surface area contributed by atoms with Gasteiger partial charge in [-0.3, -0.25) is 4.79 Å². The molecule has 1 N–H and O–H groups in total. The molecule has 9 heavy (non-hydrogen) atoms. The van der Waals surface area contributed by atoms with Gasteiger partial charge in [-0.15, -0.1) is 0 Å². The smallest absolute Gasteiger partial charge is 0.248 e. The first kappa shape index (κ1) is 6.29. The van der Waals surface area contributed by atoms with Gasteiger partial charge < -0.3 is 10.1 Å². The van der Waals surface area contributed by atoms with Crippen LogP contribution >= 0.6 is 0 Å². The van der Waals surface area contributed by atoms with Gasteiger partial charge in [0.25, 0.3) is 0 Å². The van der Waals surface area contributed by atoms with Crippen molar-refractivity contribution in [2.75, 3.05) is 6.61 Å². The van der Waals surface area contributed by atoms with E-state index >= 15 is 0 Å². The van der Waals surface area contributed by atoms with Crippen LogP contribution in [0.3, 0.4) is 0 Å². The van der Waals surface area contributed by atoms with E-state index in [9.17, 15) is 4.79 Å². The van der Waals surface area contributed by atoms with Gasteiger partial charge in [-0.05, 0) is 12.5 Å². The molecule has 1 amide bonds. The second-order valence-electron chi connectivity index (χ2n) is 2.10. The van der Waals surface area contributed by atoms with Gasteiger partial charge in [-0.25, -0.2) is 0 Å². The Hall–Kier alpha value is -0.830. The van der Waals surface area contributed by atoms with Crippen molar-refractivity contribution >= 4 is 5.91 Å². The van der Waals surface area contributed by atoms with Crippen molar-refractivity contribution in [3.8, 4) is 0 Å². The number of hydrogen-bond acceptors (Lipinski definition) is 2. The molecule has 50 valence electrons. The summed E-state index contributed by atoms with van der Waals surface area (Å²) in [5, 5.41) is 2.59. The molecule has 0 aliphatic carbocycles. The van der Waals surface area contributed by atoms with Crippen LogP contribution in [0.2, 0.25) is 0 Å². The topological polar surface area (TPSA) is 38.3 Å². The molecule has 1 rings (SSSR count). The zero-order chi connectivity index (χ0) is 6.85. The third kappa shape index (κ3) is 1.29. The molecule has 1 fully saturated rings. The zero-order valence-electron chi connectivity index (χ0n) is 5.31. The molecule has 0 aromatic heterocycles. The molecule has 1 saturated heterocycles. The van der Waals surface area contributed by atoms with E-state index in [-0.39, 0.29) is 18.7 Å². The predicted molar refractivity (Wildman–Crippen MR) is 32.7 cm³/mol. The molecule has 1 atom stereocenters. The van der Waals surface area contributed by atoms with Gasteiger partial charge in [0.2, 0.25) is 5.91 Å². The number of amides is 1. The van der Waals surface area contributed by atoms with Crippen LogP contribution in [0.4, 0.5) is 0 Å². The summed E-state index contributed by atoms with van der Waals surface area (Å²) < 4.78 is 4.97. The SMILES string of the molecule is C=C(C)C1NC(=O)CO1. The van der Waals surface area contributed by atoms with Crippen LogP contribution in [0.1, 0.15) is 6.92 Å². The summed E-state index contributed by atoms with van der Waals surface area (Å²) in [6.07, 6.45) is -0.252. The normalized spacial score (nSPS) is 25.9. The van der Waals surface area contributed by atoms with Gasteiger partial charge in [-0.2, -0.15) is 0 Å². The standard InChI is InChI=1S/C6H9NO2/c1-4(2)6-7-5(8)3-9-6/h6H,1,3H2,2H3,(H,7,8). The first-order chi connectivity index (χ1) is 4.20. The van der Waals surface area contributed by atoms with E-state index in [2.05, 4.69) is 11.9 Å². The highest BCUT2D eigenvalue weighted by Gasteiger charge is 2.20. The second kappa shape index (κ2) is 2.19. The summed E-state index contributed by atoms with van der Waals surface area (Å²) in [7, 11) is 0. The Morgan fingerprint density at radius 2 is 2.67 bits per heavy atom. The molecule has 0 saturated carbocycles. The monoisotopic (exact) mass is 127 g/mol. The van der Waals surface area contributed by atoms with E-state index in [0.717, 1.165) is 5.57 Å². The number of ether oxygens (including phenoxy) is 1. The Bertz CT molecular complexity index is 153. The van der Waals surface area contributed by atoms with Crippen LogP contribution in [0.5, 0.6) is 0 Å². The van der Waals surface area contributed by atoms with Gasteiger partial charge in [0, 0.05) is 0 Å². The fourth-order valence-corrected chi connectivity index (χ4v) is 0.654. The molecule has 0 radical (unpaired) electrons. The average molecular weight is 127 g/mol. The summed E-state index contributed by atoms with van der Waals surface area (Å²) in [4.78, 5) is 10.5. The minimum Gasteiger partial charge on any atom is -0.345 e. The van der Waals surface area contributed by atoms with Crippen molar-refractivity contribution < 1.29 is 9.53 Å². The first-order valence-electron chi connectivity index (χ1n) is 2.76. The summed E-state index contributed by atoms with van der Waals surface area (Å²) in [6.45, 7) is 5.61. The van der Waals surface area contributed by atoms with Crippen molar-refractivity contribution in [2.45, 2.75) is 13.2 Å². The lowest BCUT2D eigenvalue weighted by Crippen LogP contribution is -2.26. The van der Waals surface area contributed by atoms with E-state index < -0.39 is 0 Å². The average Bonchev–Trinajstić information content (AvgIpc) is 2.14. The second-order valence-corrected chi connectivity index (χ2v) is 2.10. The lowest BCUT2D eigenvalue weighted by atomic mass is 10.3.